The summed E-state index contributed by atoms with van der Waals surface area (Å²) in [6, 6.07) is 9.53. The molecule has 0 spiro atoms. The van der Waals surface area contributed by atoms with Crippen LogP contribution in [0.3, 0.4) is 0 Å². The van der Waals surface area contributed by atoms with E-state index in [1.165, 1.54) is 46.7 Å². The standard InChI is InChI=1S/C22H17FN4O3S/c1-27(13-19-25-17-8-10-31-21(17)22(29)26-19)20(28)7-5-14-4-6-18(16(23)11-14)30-15-3-2-9-24-12-15/h2-12H,13H2,1H3,(H,25,26,29)/b7-5+. The average Bonchev–Trinajstić information content (AvgIpc) is 3.24. The first-order valence-electron chi connectivity index (χ1n) is 9.26. The Bertz CT molecular complexity index is 1320. The topological polar surface area (TPSA) is 88.2 Å². The van der Waals surface area contributed by atoms with Gasteiger partial charge in [0, 0.05) is 19.3 Å². The van der Waals surface area contributed by atoms with Gasteiger partial charge in [-0.3, -0.25) is 14.6 Å². The number of hydrogen-bond donors (Lipinski definition) is 1. The number of carbonyl (C=O) groups is 1. The second-order valence-corrected chi connectivity index (χ2v) is 7.57. The van der Waals surface area contributed by atoms with Gasteiger partial charge in [-0.15, -0.1) is 11.3 Å². The maximum absolute atomic E-state index is 14.3. The van der Waals surface area contributed by atoms with Crippen LogP contribution in [0, 0.1) is 5.82 Å². The number of fused-ring (bicyclic) bond motifs is 1. The number of H-pyrrole nitrogens is 1. The van der Waals surface area contributed by atoms with Crippen molar-refractivity contribution in [2.45, 2.75) is 6.54 Å². The van der Waals surface area contributed by atoms with Gasteiger partial charge in [0.05, 0.1) is 18.3 Å². The van der Waals surface area contributed by atoms with Gasteiger partial charge in [0.1, 0.15) is 16.3 Å². The Morgan fingerprint density at radius 1 is 1.32 bits per heavy atom. The van der Waals surface area contributed by atoms with Crippen molar-refractivity contribution in [1.82, 2.24) is 19.9 Å². The van der Waals surface area contributed by atoms with Gasteiger partial charge in [-0.25, -0.2) is 9.37 Å². The number of amides is 1. The fourth-order valence-corrected chi connectivity index (χ4v) is 3.56. The largest absolute Gasteiger partial charge is 0.453 e. The molecule has 4 aromatic rings. The fraction of sp³-hybridized carbons (Fsp3) is 0.0909. The quantitative estimate of drug-likeness (QED) is 0.462. The van der Waals surface area contributed by atoms with Crippen LogP contribution >= 0.6 is 11.3 Å². The molecule has 4 rings (SSSR count). The molecule has 0 saturated carbocycles. The van der Waals surface area contributed by atoms with Gasteiger partial charge in [-0.1, -0.05) is 6.07 Å². The Hall–Kier alpha value is -3.85. The van der Waals surface area contributed by atoms with Crippen LogP contribution in [0.2, 0.25) is 0 Å². The molecule has 156 valence electrons. The molecule has 0 unspecified atom stereocenters. The first-order valence-corrected chi connectivity index (χ1v) is 10.1. The highest BCUT2D eigenvalue weighted by atomic mass is 32.1. The van der Waals surface area contributed by atoms with E-state index in [2.05, 4.69) is 15.0 Å². The van der Waals surface area contributed by atoms with E-state index in [1.54, 1.807) is 42.9 Å². The predicted molar refractivity (Wildman–Crippen MR) is 116 cm³/mol. The average molecular weight is 436 g/mol. The second kappa shape index (κ2) is 8.88. The van der Waals surface area contributed by atoms with E-state index in [1.807, 2.05) is 0 Å². The van der Waals surface area contributed by atoms with Crippen LogP contribution < -0.4 is 10.3 Å². The van der Waals surface area contributed by atoms with Crippen LogP contribution in [0.4, 0.5) is 4.39 Å². The summed E-state index contributed by atoms with van der Waals surface area (Å²) in [6.45, 7) is 0.135. The highest BCUT2D eigenvalue weighted by molar-refractivity contribution is 7.17. The van der Waals surface area contributed by atoms with Crippen LogP contribution in [0.25, 0.3) is 16.3 Å². The van der Waals surface area contributed by atoms with E-state index < -0.39 is 5.82 Å². The van der Waals surface area contributed by atoms with Crippen molar-refractivity contribution in [2.75, 3.05) is 7.05 Å². The molecular weight excluding hydrogens is 419 g/mol. The minimum Gasteiger partial charge on any atom is -0.453 e. The van der Waals surface area contributed by atoms with Crippen LogP contribution in [0.5, 0.6) is 11.5 Å². The number of pyridine rings is 1. The Kier molecular flexibility index (Phi) is 5.85. The Morgan fingerprint density at radius 3 is 2.97 bits per heavy atom. The number of nitrogens with zero attached hydrogens (tertiary/aromatic N) is 3. The number of aromatic amines is 1. The van der Waals surface area contributed by atoms with Crippen LogP contribution in [-0.4, -0.2) is 32.8 Å². The van der Waals surface area contributed by atoms with E-state index >= 15 is 0 Å². The Balaban J connectivity index is 1.41. The molecule has 0 bridgehead atoms. The lowest BCUT2D eigenvalue weighted by atomic mass is 10.2. The Labute approximate surface area is 180 Å². The van der Waals surface area contributed by atoms with Crippen molar-refractivity contribution >= 4 is 33.5 Å². The van der Waals surface area contributed by atoms with E-state index in [0.717, 1.165) is 0 Å². The second-order valence-electron chi connectivity index (χ2n) is 6.66. The molecule has 1 aromatic carbocycles. The zero-order chi connectivity index (χ0) is 21.8. The van der Waals surface area contributed by atoms with E-state index in [0.29, 0.717) is 27.4 Å². The number of thiophene rings is 1. The number of hydrogen-bond acceptors (Lipinski definition) is 6. The maximum Gasteiger partial charge on any atom is 0.268 e. The van der Waals surface area contributed by atoms with Gasteiger partial charge in [-0.2, -0.15) is 0 Å². The lowest BCUT2D eigenvalue weighted by molar-refractivity contribution is -0.125. The van der Waals surface area contributed by atoms with Gasteiger partial charge in [0.2, 0.25) is 5.91 Å². The summed E-state index contributed by atoms with van der Waals surface area (Å²) in [4.78, 5) is 36.8. The molecule has 0 fully saturated rings. The summed E-state index contributed by atoms with van der Waals surface area (Å²) in [5.41, 5.74) is 0.878. The molecule has 3 aromatic heterocycles. The summed E-state index contributed by atoms with van der Waals surface area (Å²) in [6.07, 6.45) is 5.92. The smallest absolute Gasteiger partial charge is 0.268 e. The first kappa shape index (κ1) is 20.4. The van der Waals surface area contributed by atoms with E-state index in [9.17, 15) is 14.0 Å². The highest BCUT2D eigenvalue weighted by Crippen LogP contribution is 2.25. The van der Waals surface area contributed by atoms with Crippen molar-refractivity contribution in [3.63, 3.8) is 0 Å². The van der Waals surface area contributed by atoms with Gasteiger partial charge in [-0.05, 0) is 47.4 Å². The van der Waals surface area contributed by atoms with Gasteiger partial charge >= 0.3 is 0 Å². The molecule has 0 atom stereocenters. The number of likely N-dealkylation sites (N-methyl/N-ethyl adjacent to an activating group) is 1. The SMILES string of the molecule is CN(Cc1nc2ccsc2c(=O)[nH]1)C(=O)/C=C/c1ccc(Oc2cccnc2)c(F)c1. The molecule has 0 aliphatic rings. The molecule has 31 heavy (non-hydrogen) atoms. The molecule has 0 radical (unpaired) electrons. The van der Waals surface area contributed by atoms with Gasteiger partial charge in [0.15, 0.2) is 11.6 Å². The molecule has 0 aliphatic carbocycles. The third kappa shape index (κ3) is 4.84. The van der Waals surface area contributed by atoms with Gasteiger partial charge < -0.3 is 14.6 Å². The molecule has 1 amide bonds. The maximum atomic E-state index is 14.3. The number of ether oxygens (including phenoxy) is 1. The summed E-state index contributed by atoms with van der Waals surface area (Å²) in [7, 11) is 1.59. The van der Waals surface area contributed by atoms with Crippen molar-refractivity contribution in [2.24, 2.45) is 0 Å². The number of benzene rings is 1. The fourth-order valence-electron chi connectivity index (χ4n) is 2.83. The van der Waals surface area contributed by atoms with Crippen molar-refractivity contribution in [3.05, 3.63) is 87.8 Å². The third-order valence-corrected chi connectivity index (χ3v) is 5.27. The van der Waals surface area contributed by atoms with Crippen molar-refractivity contribution < 1.29 is 13.9 Å². The molecule has 3 heterocycles. The third-order valence-electron chi connectivity index (χ3n) is 4.36. The van der Waals surface area contributed by atoms with Crippen LogP contribution in [-0.2, 0) is 11.3 Å². The molecular formula is C22H17FN4O3S. The molecule has 0 aliphatic heterocycles. The number of carbonyl (C=O) groups excluding carboxylic acids is 1. The number of halogens is 1. The molecule has 1 N–H and O–H groups in total. The van der Waals surface area contributed by atoms with E-state index in [4.69, 9.17) is 4.74 Å². The lowest BCUT2D eigenvalue weighted by Crippen LogP contribution is -2.26. The lowest BCUT2D eigenvalue weighted by Gasteiger charge is -2.14. The van der Waals surface area contributed by atoms with Crippen LogP contribution in [0.1, 0.15) is 11.4 Å². The molecule has 7 nitrogen and oxygen atoms in total. The monoisotopic (exact) mass is 436 g/mol. The van der Waals surface area contributed by atoms with Crippen LogP contribution in [0.15, 0.2) is 65.0 Å². The van der Waals surface area contributed by atoms with Crippen molar-refractivity contribution in [3.8, 4) is 11.5 Å². The van der Waals surface area contributed by atoms with E-state index in [-0.39, 0.29) is 23.8 Å². The highest BCUT2D eigenvalue weighted by Gasteiger charge is 2.11. The zero-order valence-corrected chi connectivity index (χ0v) is 17.2. The summed E-state index contributed by atoms with van der Waals surface area (Å²) in [5.74, 6) is 0.00568. The summed E-state index contributed by atoms with van der Waals surface area (Å²) < 4.78 is 20.3. The summed E-state index contributed by atoms with van der Waals surface area (Å²) >= 11 is 1.32. The normalized spacial score (nSPS) is 11.2. The Morgan fingerprint density at radius 2 is 2.19 bits per heavy atom. The van der Waals surface area contributed by atoms with Crippen molar-refractivity contribution in [1.29, 1.82) is 0 Å². The predicted octanol–water partition coefficient (Wildman–Crippen LogP) is 3.98. The minimum atomic E-state index is -0.558. The summed E-state index contributed by atoms with van der Waals surface area (Å²) in [5, 5.41) is 1.79. The van der Waals surface area contributed by atoms with Gasteiger partial charge in [0.25, 0.3) is 5.56 Å². The zero-order valence-electron chi connectivity index (χ0n) is 16.4. The number of rotatable bonds is 6. The number of nitrogens with one attached hydrogen (secondary N) is 1. The minimum absolute atomic E-state index is 0.0624. The first-order chi connectivity index (χ1) is 15.0. The number of aromatic nitrogens is 3. The molecule has 9 heteroatoms. The molecule has 0 saturated heterocycles.